The van der Waals surface area contributed by atoms with Crippen LogP contribution in [0.1, 0.15) is 56.3 Å². The van der Waals surface area contributed by atoms with Gasteiger partial charge in [-0.25, -0.2) is 4.79 Å². The Bertz CT molecular complexity index is 844. The highest BCUT2D eigenvalue weighted by molar-refractivity contribution is 7.85. The van der Waals surface area contributed by atoms with Gasteiger partial charge in [0.25, 0.3) is 10.1 Å². The number of hydrogen-bond acceptors (Lipinski definition) is 6. The largest absolute Gasteiger partial charge is 0.573 e. The molecule has 0 spiro atoms. The van der Waals surface area contributed by atoms with Crippen molar-refractivity contribution >= 4 is 16.1 Å². The molecule has 30 heavy (non-hydrogen) atoms. The fraction of sp³-hybridized carbons (Fsp3) is 0.632. The van der Waals surface area contributed by atoms with Gasteiger partial charge in [0.05, 0.1) is 5.56 Å². The highest BCUT2D eigenvalue weighted by atomic mass is 32.2. The second kappa shape index (κ2) is 9.42. The van der Waals surface area contributed by atoms with Crippen molar-refractivity contribution in [3.05, 3.63) is 23.8 Å². The van der Waals surface area contributed by atoms with Crippen molar-refractivity contribution < 1.29 is 45.1 Å². The molecule has 1 aromatic carbocycles. The number of ether oxygens (including phenoxy) is 3. The van der Waals surface area contributed by atoms with Crippen molar-refractivity contribution in [2.24, 2.45) is 5.92 Å². The third-order valence-electron chi connectivity index (χ3n) is 5.04. The number of hydrogen-bond donors (Lipinski definition) is 1. The van der Waals surface area contributed by atoms with E-state index in [0.29, 0.717) is 12.8 Å². The van der Waals surface area contributed by atoms with E-state index < -0.39 is 46.2 Å². The summed E-state index contributed by atoms with van der Waals surface area (Å²) in [5.74, 6) is -2.59. The summed E-state index contributed by atoms with van der Waals surface area (Å²) >= 11 is 0. The van der Waals surface area contributed by atoms with Crippen LogP contribution in [0.15, 0.2) is 18.2 Å². The van der Waals surface area contributed by atoms with Gasteiger partial charge in [-0.3, -0.25) is 4.55 Å². The van der Waals surface area contributed by atoms with E-state index in [-0.39, 0.29) is 17.2 Å². The summed E-state index contributed by atoms with van der Waals surface area (Å²) in [5, 5.41) is 0. The molecule has 1 aliphatic carbocycles. The van der Waals surface area contributed by atoms with Crippen LogP contribution in [0.5, 0.6) is 11.5 Å². The molecule has 0 unspecified atom stereocenters. The number of esters is 1. The molecule has 0 aliphatic heterocycles. The molecule has 0 bridgehead atoms. The van der Waals surface area contributed by atoms with Crippen LogP contribution in [-0.4, -0.2) is 43.3 Å². The van der Waals surface area contributed by atoms with E-state index in [1.165, 1.54) is 0 Å². The first-order valence-electron chi connectivity index (χ1n) is 9.52. The number of rotatable bonds is 8. The van der Waals surface area contributed by atoms with Gasteiger partial charge in [-0.05, 0) is 49.8 Å². The number of carbonyl (C=O) groups is 1. The third-order valence-corrected chi connectivity index (χ3v) is 5.73. The quantitative estimate of drug-likeness (QED) is 0.460. The fourth-order valence-corrected chi connectivity index (χ4v) is 3.71. The average molecular weight is 454 g/mol. The SMILES string of the molecule is CC(C)C1(Oc2cc(C(=O)OCCS(=O)(=O)O)ccc2OC(F)(F)F)CCCCC1. The maximum atomic E-state index is 12.8. The summed E-state index contributed by atoms with van der Waals surface area (Å²) in [7, 11) is -4.32. The van der Waals surface area contributed by atoms with Gasteiger partial charge in [-0.1, -0.05) is 20.3 Å². The lowest BCUT2D eigenvalue weighted by Crippen LogP contribution is -2.43. The summed E-state index contributed by atoms with van der Waals surface area (Å²) < 4.78 is 83.6. The molecule has 0 aromatic heterocycles. The minimum absolute atomic E-state index is 0.00176. The Kier molecular flexibility index (Phi) is 7.62. The second-order valence-electron chi connectivity index (χ2n) is 7.51. The van der Waals surface area contributed by atoms with Crippen molar-refractivity contribution in [1.29, 1.82) is 0 Å². The summed E-state index contributed by atoms with van der Waals surface area (Å²) in [6.07, 6.45) is -0.911. The van der Waals surface area contributed by atoms with Crippen LogP contribution >= 0.6 is 0 Å². The molecular weight excluding hydrogens is 429 g/mol. The highest BCUT2D eigenvalue weighted by Gasteiger charge is 2.39. The fourth-order valence-electron chi connectivity index (χ4n) is 3.41. The molecule has 1 fully saturated rings. The monoisotopic (exact) mass is 454 g/mol. The summed E-state index contributed by atoms with van der Waals surface area (Å²) in [6.45, 7) is 3.23. The molecule has 0 heterocycles. The van der Waals surface area contributed by atoms with E-state index in [1.54, 1.807) is 0 Å². The molecule has 170 valence electrons. The Morgan fingerprint density at radius 2 is 1.80 bits per heavy atom. The molecule has 2 rings (SSSR count). The molecule has 1 N–H and O–H groups in total. The lowest BCUT2D eigenvalue weighted by molar-refractivity contribution is -0.275. The Morgan fingerprint density at radius 3 is 2.33 bits per heavy atom. The molecule has 0 radical (unpaired) electrons. The van der Waals surface area contributed by atoms with Gasteiger partial charge >= 0.3 is 12.3 Å². The van der Waals surface area contributed by atoms with Crippen LogP contribution in [0.4, 0.5) is 13.2 Å². The molecule has 1 aliphatic rings. The standard InChI is InChI=1S/C19H25F3O7S/c1-13(2)18(8-4-3-5-9-18)28-16-12-14(6-7-15(16)29-19(20,21)22)17(23)27-10-11-30(24,25)26/h6-7,12-13H,3-5,8-11H2,1-2H3,(H,24,25,26). The molecule has 0 atom stereocenters. The van der Waals surface area contributed by atoms with Gasteiger partial charge in [-0.15, -0.1) is 13.2 Å². The Morgan fingerprint density at radius 1 is 1.17 bits per heavy atom. The smallest absolute Gasteiger partial charge is 0.483 e. The first kappa shape index (κ1) is 24.3. The van der Waals surface area contributed by atoms with Gasteiger partial charge in [0, 0.05) is 0 Å². The lowest BCUT2D eigenvalue weighted by atomic mass is 9.77. The van der Waals surface area contributed by atoms with Gasteiger partial charge in [-0.2, -0.15) is 8.42 Å². The van der Waals surface area contributed by atoms with Gasteiger partial charge in [0.1, 0.15) is 18.0 Å². The molecule has 1 saturated carbocycles. The number of carbonyl (C=O) groups excluding carboxylic acids is 1. The molecule has 11 heteroatoms. The van der Waals surface area contributed by atoms with E-state index in [9.17, 15) is 26.4 Å². The Hall–Kier alpha value is -2.01. The van der Waals surface area contributed by atoms with Crippen molar-refractivity contribution in [2.45, 2.75) is 57.9 Å². The molecule has 0 saturated heterocycles. The minimum Gasteiger partial charge on any atom is -0.483 e. The first-order valence-corrected chi connectivity index (χ1v) is 11.1. The topological polar surface area (TPSA) is 99.1 Å². The number of alkyl halides is 3. The van der Waals surface area contributed by atoms with Gasteiger partial charge in [0.15, 0.2) is 11.5 Å². The first-order chi connectivity index (χ1) is 13.8. The summed E-state index contributed by atoms with van der Waals surface area (Å²) in [4.78, 5) is 12.2. The Balaban J connectivity index is 2.31. The summed E-state index contributed by atoms with van der Waals surface area (Å²) in [5.41, 5.74) is -0.834. The van der Waals surface area contributed by atoms with E-state index in [1.807, 2.05) is 13.8 Å². The van der Waals surface area contributed by atoms with Crippen molar-refractivity contribution in [3.63, 3.8) is 0 Å². The average Bonchev–Trinajstić information content (AvgIpc) is 2.61. The van der Waals surface area contributed by atoms with Crippen LogP contribution in [0.25, 0.3) is 0 Å². The van der Waals surface area contributed by atoms with E-state index in [4.69, 9.17) is 14.0 Å². The zero-order valence-corrected chi connectivity index (χ0v) is 17.5. The molecule has 7 nitrogen and oxygen atoms in total. The van der Waals surface area contributed by atoms with Crippen molar-refractivity contribution in [2.75, 3.05) is 12.4 Å². The van der Waals surface area contributed by atoms with E-state index >= 15 is 0 Å². The Labute approximate surface area is 173 Å². The maximum Gasteiger partial charge on any atom is 0.573 e. The van der Waals surface area contributed by atoms with E-state index in [2.05, 4.69) is 4.74 Å². The van der Waals surface area contributed by atoms with Crippen LogP contribution in [0.3, 0.4) is 0 Å². The van der Waals surface area contributed by atoms with Gasteiger partial charge < -0.3 is 14.2 Å². The zero-order chi connectivity index (χ0) is 22.6. The van der Waals surface area contributed by atoms with Crippen molar-refractivity contribution in [1.82, 2.24) is 0 Å². The van der Waals surface area contributed by atoms with Crippen LogP contribution < -0.4 is 9.47 Å². The number of halogens is 3. The highest BCUT2D eigenvalue weighted by Crippen LogP contribution is 2.42. The maximum absolute atomic E-state index is 12.8. The predicted molar refractivity (Wildman–Crippen MR) is 101 cm³/mol. The van der Waals surface area contributed by atoms with Crippen LogP contribution in [-0.2, 0) is 14.9 Å². The second-order valence-corrected chi connectivity index (χ2v) is 9.09. The number of benzene rings is 1. The zero-order valence-electron chi connectivity index (χ0n) is 16.7. The molecule has 0 amide bonds. The predicted octanol–water partition coefficient (Wildman–Crippen LogP) is 4.37. The molecular formula is C19H25F3O7S. The van der Waals surface area contributed by atoms with E-state index in [0.717, 1.165) is 37.5 Å². The third kappa shape index (κ3) is 7.05. The normalized spacial score (nSPS) is 16.9. The van der Waals surface area contributed by atoms with Gasteiger partial charge in [0.2, 0.25) is 0 Å². The van der Waals surface area contributed by atoms with Crippen LogP contribution in [0, 0.1) is 5.92 Å². The summed E-state index contributed by atoms with van der Waals surface area (Å²) in [6, 6.07) is 3.11. The van der Waals surface area contributed by atoms with Crippen LogP contribution in [0.2, 0.25) is 0 Å². The lowest BCUT2D eigenvalue weighted by Gasteiger charge is -2.41. The van der Waals surface area contributed by atoms with Crippen molar-refractivity contribution in [3.8, 4) is 11.5 Å². The minimum atomic E-state index is -4.95. The molecule has 1 aromatic rings.